The molecule has 2 atom stereocenters. The van der Waals surface area contributed by atoms with Crippen molar-refractivity contribution >= 4 is 18.6 Å². The summed E-state index contributed by atoms with van der Waals surface area (Å²) in [5.74, 6) is -1.22. The van der Waals surface area contributed by atoms with Gasteiger partial charge in [0, 0.05) is 37.3 Å². The fourth-order valence-corrected chi connectivity index (χ4v) is 4.61. The molecule has 136 valence electrons. The van der Waals surface area contributed by atoms with Crippen LogP contribution in [0.25, 0.3) is 0 Å². The molecule has 0 aliphatic rings. The van der Waals surface area contributed by atoms with Gasteiger partial charge in [0.2, 0.25) is 5.91 Å². The van der Waals surface area contributed by atoms with Gasteiger partial charge in [-0.05, 0) is 32.9 Å². The van der Waals surface area contributed by atoms with Crippen LogP contribution < -0.4 is 11.0 Å². The second-order valence-corrected chi connectivity index (χ2v) is 8.40. The zero-order valence-corrected chi connectivity index (χ0v) is 15.6. The van der Waals surface area contributed by atoms with Crippen LogP contribution >= 0.6 is 7.37 Å². The van der Waals surface area contributed by atoms with Crippen LogP contribution in [0.15, 0.2) is 30.3 Å². The van der Waals surface area contributed by atoms with Gasteiger partial charge in [-0.1, -0.05) is 18.2 Å². The lowest BCUT2D eigenvalue weighted by Gasteiger charge is -2.30. The standard InChI is InChI=1S/C17H29N2O4P/c1-4-23-24(22,15-8-6-5-7-9-15)17(21)11-13-19(14(2)3)16(20)10-12-18/h5-9,14,17,21H,4,10-13,18H2,1-3H3. The first-order valence-electron chi connectivity index (χ1n) is 8.34. The van der Waals surface area contributed by atoms with Gasteiger partial charge in [0.05, 0.1) is 6.61 Å². The molecule has 0 bridgehead atoms. The van der Waals surface area contributed by atoms with Gasteiger partial charge in [-0.2, -0.15) is 0 Å². The first-order valence-corrected chi connectivity index (χ1v) is 10.0. The van der Waals surface area contributed by atoms with Gasteiger partial charge >= 0.3 is 0 Å². The Kier molecular flexibility index (Phi) is 8.63. The fourth-order valence-electron chi connectivity index (χ4n) is 2.52. The number of aliphatic hydroxyl groups is 1. The molecule has 0 aliphatic carbocycles. The Bertz CT molecular complexity index is 551. The minimum Gasteiger partial charge on any atom is -0.383 e. The third-order valence-electron chi connectivity index (χ3n) is 3.76. The van der Waals surface area contributed by atoms with Gasteiger partial charge in [-0.3, -0.25) is 9.36 Å². The summed E-state index contributed by atoms with van der Waals surface area (Å²) in [5, 5.41) is 11.0. The number of benzene rings is 1. The van der Waals surface area contributed by atoms with Crippen molar-refractivity contribution in [2.45, 2.75) is 45.5 Å². The summed E-state index contributed by atoms with van der Waals surface area (Å²) in [6, 6.07) is 8.72. The van der Waals surface area contributed by atoms with E-state index in [-0.39, 0.29) is 37.9 Å². The molecular formula is C17H29N2O4P. The Morgan fingerprint density at radius 3 is 2.46 bits per heavy atom. The van der Waals surface area contributed by atoms with Gasteiger partial charge in [-0.15, -0.1) is 0 Å². The highest BCUT2D eigenvalue weighted by molar-refractivity contribution is 7.67. The van der Waals surface area contributed by atoms with E-state index < -0.39 is 13.2 Å². The highest BCUT2D eigenvalue weighted by Crippen LogP contribution is 2.50. The molecule has 1 aromatic rings. The van der Waals surface area contributed by atoms with Crippen molar-refractivity contribution in [3.63, 3.8) is 0 Å². The summed E-state index contributed by atoms with van der Waals surface area (Å²) in [5.41, 5.74) is 5.45. The molecule has 24 heavy (non-hydrogen) atoms. The number of hydrogen-bond acceptors (Lipinski definition) is 5. The van der Waals surface area contributed by atoms with Crippen LogP contribution in [0.1, 0.15) is 33.6 Å². The Morgan fingerprint density at radius 1 is 1.33 bits per heavy atom. The van der Waals surface area contributed by atoms with Crippen molar-refractivity contribution in [1.29, 1.82) is 0 Å². The maximum Gasteiger partial charge on any atom is 0.259 e. The zero-order valence-electron chi connectivity index (χ0n) is 14.7. The molecule has 2 unspecified atom stereocenters. The van der Waals surface area contributed by atoms with Crippen LogP contribution in [0.3, 0.4) is 0 Å². The second-order valence-electron chi connectivity index (χ2n) is 5.84. The molecule has 1 rings (SSSR count). The van der Waals surface area contributed by atoms with Crippen molar-refractivity contribution < 1.29 is 19.0 Å². The Balaban J connectivity index is 2.87. The van der Waals surface area contributed by atoms with Crippen LogP contribution in [0.5, 0.6) is 0 Å². The molecule has 0 saturated heterocycles. The molecule has 0 radical (unpaired) electrons. The fraction of sp³-hybridized carbons (Fsp3) is 0.588. The Hall–Kier alpha value is -1.20. The van der Waals surface area contributed by atoms with Crippen LogP contribution in [-0.2, 0) is 13.9 Å². The van der Waals surface area contributed by atoms with Gasteiger partial charge in [-0.25, -0.2) is 0 Å². The molecule has 0 saturated carbocycles. The summed E-state index contributed by atoms with van der Waals surface area (Å²) in [6.07, 6.45) is 0.441. The van der Waals surface area contributed by atoms with Crippen molar-refractivity contribution in [2.75, 3.05) is 19.7 Å². The van der Waals surface area contributed by atoms with E-state index in [2.05, 4.69) is 0 Å². The van der Waals surface area contributed by atoms with Gasteiger partial charge in [0.1, 0.15) is 5.85 Å². The van der Waals surface area contributed by atoms with Gasteiger partial charge in [0.25, 0.3) is 7.37 Å². The molecule has 1 aromatic carbocycles. The second kappa shape index (κ2) is 9.94. The number of amides is 1. The lowest BCUT2D eigenvalue weighted by atomic mass is 10.2. The van der Waals surface area contributed by atoms with E-state index in [4.69, 9.17) is 10.3 Å². The molecule has 0 spiro atoms. The average Bonchev–Trinajstić information content (AvgIpc) is 2.55. The molecular weight excluding hydrogens is 327 g/mol. The van der Waals surface area contributed by atoms with Crippen LogP contribution in [-0.4, -0.2) is 47.5 Å². The summed E-state index contributed by atoms with van der Waals surface area (Å²) < 4.78 is 18.7. The number of carbonyl (C=O) groups is 1. The maximum absolute atomic E-state index is 13.2. The lowest BCUT2D eigenvalue weighted by molar-refractivity contribution is -0.132. The largest absolute Gasteiger partial charge is 0.383 e. The highest BCUT2D eigenvalue weighted by Gasteiger charge is 2.35. The van der Waals surface area contributed by atoms with E-state index >= 15 is 0 Å². The summed E-state index contributed by atoms with van der Waals surface area (Å²) >= 11 is 0. The molecule has 0 aromatic heterocycles. The third kappa shape index (κ3) is 5.42. The van der Waals surface area contributed by atoms with Crippen molar-refractivity contribution in [2.24, 2.45) is 5.73 Å². The summed E-state index contributed by atoms with van der Waals surface area (Å²) in [6.45, 7) is 6.38. The average molecular weight is 356 g/mol. The molecule has 6 nitrogen and oxygen atoms in total. The Morgan fingerprint density at radius 2 is 1.96 bits per heavy atom. The van der Waals surface area contributed by atoms with E-state index in [0.717, 1.165) is 0 Å². The molecule has 0 aliphatic heterocycles. The Labute approximate surface area is 144 Å². The predicted molar refractivity (Wildman–Crippen MR) is 96.5 cm³/mol. The topological polar surface area (TPSA) is 92.9 Å². The van der Waals surface area contributed by atoms with Crippen molar-refractivity contribution in [3.8, 4) is 0 Å². The first-order chi connectivity index (χ1) is 11.4. The third-order valence-corrected chi connectivity index (χ3v) is 6.46. The monoisotopic (exact) mass is 356 g/mol. The molecule has 7 heteroatoms. The number of rotatable bonds is 10. The normalized spacial score (nSPS) is 15.1. The zero-order chi connectivity index (χ0) is 18.2. The molecule has 1 amide bonds. The first kappa shape index (κ1) is 20.8. The highest BCUT2D eigenvalue weighted by atomic mass is 31.2. The van der Waals surface area contributed by atoms with E-state index in [0.29, 0.717) is 11.8 Å². The molecule has 0 fully saturated rings. The number of hydrogen-bond donors (Lipinski definition) is 2. The SMILES string of the molecule is CCOP(=O)(c1ccccc1)C(O)CCN(C(=O)CCN)C(C)C. The van der Waals surface area contributed by atoms with Crippen LogP contribution in [0.4, 0.5) is 0 Å². The van der Waals surface area contributed by atoms with E-state index in [9.17, 15) is 14.5 Å². The van der Waals surface area contributed by atoms with Crippen molar-refractivity contribution in [3.05, 3.63) is 30.3 Å². The van der Waals surface area contributed by atoms with Crippen molar-refractivity contribution in [1.82, 2.24) is 4.90 Å². The molecule has 3 N–H and O–H groups in total. The minimum atomic E-state index is -3.40. The predicted octanol–water partition coefficient (Wildman–Crippen LogP) is 1.92. The molecule has 0 heterocycles. The lowest BCUT2D eigenvalue weighted by Crippen LogP contribution is -2.40. The number of nitrogens with zero attached hydrogens (tertiary/aromatic N) is 1. The van der Waals surface area contributed by atoms with Crippen LogP contribution in [0.2, 0.25) is 0 Å². The summed E-state index contributed by atoms with van der Waals surface area (Å²) in [7, 11) is -3.40. The van der Waals surface area contributed by atoms with Gasteiger partial charge in [0.15, 0.2) is 0 Å². The van der Waals surface area contributed by atoms with Crippen LogP contribution in [0, 0.1) is 0 Å². The smallest absolute Gasteiger partial charge is 0.259 e. The van der Waals surface area contributed by atoms with E-state index in [1.807, 2.05) is 19.9 Å². The summed E-state index contributed by atoms with van der Waals surface area (Å²) in [4.78, 5) is 13.8. The number of nitrogens with two attached hydrogens (primary N) is 1. The quantitative estimate of drug-likeness (QED) is 0.625. The number of aliphatic hydroxyl groups excluding tert-OH is 1. The number of carbonyl (C=O) groups excluding carboxylic acids is 1. The maximum atomic E-state index is 13.2. The minimum absolute atomic E-state index is 0.0144. The van der Waals surface area contributed by atoms with Gasteiger partial charge < -0.3 is 20.3 Å². The van der Waals surface area contributed by atoms with E-state index in [1.54, 1.807) is 36.1 Å². The van der Waals surface area contributed by atoms with E-state index in [1.165, 1.54) is 0 Å².